The van der Waals surface area contributed by atoms with Gasteiger partial charge in [0, 0.05) is 21.6 Å². The molecule has 0 atom stereocenters. The quantitative estimate of drug-likeness (QED) is 0.170. The van der Waals surface area contributed by atoms with Crippen molar-refractivity contribution in [1.29, 1.82) is 0 Å². The van der Waals surface area contributed by atoms with E-state index in [1.807, 2.05) is 0 Å². The molecule has 0 aliphatic heterocycles. The maximum absolute atomic E-state index is 6.69. The fourth-order valence-electron chi connectivity index (χ4n) is 9.87. The van der Waals surface area contributed by atoms with Crippen LogP contribution in [-0.4, -0.2) is 0 Å². The van der Waals surface area contributed by atoms with Gasteiger partial charge in [0.25, 0.3) is 0 Å². The maximum Gasteiger partial charge on any atom is 0.143 e. The first-order valence-corrected chi connectivity index (χ1v) is 20.9. The Balaban J connectivity index is 1.02. The maximum atomic E-state index is 6.69. The van der Waals surface area contributed by atoms with E-state index in [1.54, 1.807) is 0 Å². The van der Waals surface area contributed by atoms with Gasteiger partial charge >= 0.3 is 0 Å². The smallest absolute Gasteiger partial charge is 0.143 e. The minimum Gasteiger partial charge on any atom is -0.455 e. The Morgan fingerprint density at radius 3 is 1.67 bits per heavy atom. The van der Waals surface area contributed by atoms with E-state index in [0.29, 0.717) is 0 Å². The molecule has 1 heteroatoms. The molecule has 0 spiro atoms. The molecule has 0 N–H and O–H groups in total. The number of rotatable bonds is 5. The highest BCUT2D eigenvalue weighted by molar-refractivity contribution is 6.19. The fourth-order valence-corrected chi connectivity index (χ4v) is 9.87. The molecule has 1 aromatic heterocycles. The standard InChI is InChI=1S/C59H40O/c1-59(2)55-19-11-10-17-49(55)50-28-26-44(35-56(50)59)47-32-45(39-22-20-38(21-23-39)42-25-24-37-12-6-7-15-41(37)30-42)31-46(33-47)43-27-29-57-53(34-43)54-36-52(40-13-4-3-5-14-40)48-16-8-9-18-51(48)58(54)60-57/h3-36H,1-2H3. The van der Waals surface area contributed by atoms with Crippen LogP contribution in [0.5, 0.6) is 0 Å². The lowest BCUT2D eigenvalue weighted by molar-refractivity contribution is 0.660. The minimum absolute atomic E-state index is 0.0862. The number of hydrogen-bond donors (Lipinski definition) is 0. The van der Waals surface area contributed by atoms with E-state index >= 15 is 0 Å². The first-order chi connectivity index (χ1) is 29.5. The zero-order valence-corrected chi connectivity index (χ0v) is 33.5. The van der Waals surface area contributed by atoms with Gasteiger partial charge in [-0.25, -0.2) is 0 Å². The summed E-state index contributed by atoms with van der Waals surface area (Å²) in [5.41, 5.74) is 19.1. The van der Waals surface area contributed by atoms with Crippen LogP contribution in [0.25, 0.3) is 110 Å². The molecule has 0 radical (unpaired) electrons. The average Bonchev–Trinajstić information content (AvgIpc) is 3.79. The molecule has 1 heterocycles. The van der Waals surface area contributed by atoms with E-state index in [2.05, 4.69) is 220 Å². The summed E-state index contributed by atoms with van der Waals surface area (Å²) < 4.78 is 6.69. The molecular weight excluding hydrogens is 725 g/mol. The van der Waals surface area contributed by atoms with Crippen molar-refractivity contribution in [2.75, 3.05) is 0 Å². The van der Waals surface area contributed by atoms with Crippen LogP contribution in [-0.2, 0) is 5.41 Å². The van der Waals surface area contributed by atoms with E-state index in [1.165, 1.54) is 88.5 Å². The average molecular weight is 765 g/mol. The van der Waals surface area contributed by atoms with Crippen molar-refractivity contribution < 1.29 is 4.42 Å². The molecule has 60 heavy (non-hydrogen) atoms. The van der Waals surface area contributed by atoms with Crippen molar-refractivity contribution in [2.24, 2.45) is 0 Å². The van der Waals surface area contributed by atoms with Gasteiger partial charge in [0.15, 0.2) is 0 Å². The largest absolute Gasteiger partial charge is 0.455 e. The zero-order chi connectivity index (χ0) is 40.0. The monoisotopic (exact) mass is 764 g/mol. The Hall–Kier alpha value is -7.48. The number of furan rings is 1. The number of benzene rings is 10. The molecule has 10 aromatic carbocycles. The molecule has 0 unspecified atom stereocenters. The highest BCUT2D eigenvalue weighted by atomic mass is 16.3. The van der Waals surface area contributed by atoms with Crippen molar-refractivity contribution in [3.63, 3.8) is 0 Å². The van der Waals surface area contributed by atoms with Gasteiger partial charge in [-0.15, -0.1) is 0 Å². The Morgan fingerprint density at radius 2 is 0.867 bits per heavy atom. The van der Waals surface area contributed by atoms with Crippen molar-refractivity contribution in [1.82, 2.24) is 0 Å². The molecule has 0 fully saturated rings. The first kappa shape index (κ1) is 34.6. The van der Waals surface area contributed by atoms with Gasteiger partial charge in [0.2, 0.25) is 0 Å². The summed E-state index contributed by atoms with van der Waals surface area (Å²) in [7, 11) is 0. The van der Waals surface area contributed by atoms with Crippen molar-refractivity contribution >= 4 is 43.5 Å². The third kappa shape index (κ3) is 5.47. The van der Waals surface area contributed by atoms with Crippen LogP contribution in [0.3, 0.4) is 0 Å². The van der Waals surface area contributed by atoms with Crippen LogP contribution >= 0.6 is 0 Å². The van der Waals surface area contributed by atoms with Gasteiger partial charge in [0.1, 0.15) is 11.2 Å². The van der Waals surface area contributed by atoms with Crippen LogP contribution in [0.1, 0.15) is 25.0 Å². The van der Waals surface area contributed by atoms with Gasteiger partial charge in [-0.05, 0) is 143 Å². The van der Waals surface area contributed by atoms with Crippen molar-refractivity contribution in [2.45, 2.75) is 19.3 Å². The highest BCUT2D eigenvalue weighted by Crippen LogP contribution is 2.50. The lowest BCUT2D eigenvalue weighted by atomic mass is 9.81. The molecule has 0 saturated carbocycles. The van der Waals surface area contributed by atoms with Gasteiger partial charge in [-0.3, -0.25) is 0 Å². The van der Waals surface area contributed by atoms with E-state index < -0.39 is 0 Å². The Morgan fingerprint density at radius 1 is 0.300 bits per heavy atom. The molecule has 282 valence electrons. The lowest BCUT2D eigenvalue weighted by Gasteiger charge is -2.22. The van der Waals surface area contributed by atoms with E-state index in [-0.39, 0.29) is 5.41 Å². The fraction of sp³-hybridized carbons (Fsp3) is 0.0508. The van der Waals surface area contributed by atoms with Crippen molar-refractivity contribution in [3.8, 4) is 66.8 Å². The summed E-state index contributed by atoms with van der Waals surface area (Å²) in [6.45, 7) is 4.72. The Kier molecular flexibility index (Phi) is 7.65. The molecular formula is C59H40O. The molecule has 11 aromatic rings. The molecule has 0 amide bonds. The number of fused-ring (bicyclic) bond motifs is 9. The second-order valence-corrected chi connectivity index (χ2v) is 16.9. The predicted octanol–water partition coefficient (Wildman–Crippen LogP) is 16.5. The first-order valence-electron chi connectivity index (χ1n) is 20.9. The molecule has 1 nitrogen and oxygen atoms in total. The minimum atomic E-state index is -0.0862. The summed E-state index contributed by atoms with van der Waals surface area (Å²) in [6, 6.07) is 75.8. The van der Waals surface area contributed by atoms with E-state index in [0.717, 1.165) is 32.9 Å². The third-order valence-corrected chi connectivity index (χ3v) is 13.0. The van der Waals surface area contributed by atoms with Crippen molar-refractivity contribution in [3.05, 3.63) is 217 Å². The summed E-state index contributed by atoms with van der Waals surface area (Å²) in [5, 5.41) is 7.08. The zero-order valence-electron chi connectivity index (χ0n) is 33.5. The molecule has 0 bridgehead atoms. The molecule has 0 saturated heterocycles. The van der Waals surface area contributed by atoms with Crippen LogP contribution in [0.4, 0.5) is 0 Å². The topological polar surface area (TPSA) is 13.1 Å². The van der Waals surface area contributed by atoms with E-state index in [4.69, 9.17) is 4.42 Å². The predicted molar refractivity (Wildman–Crippen MR) is 253 cm³/mol. The Labute approximate surface area is 349 Å². The van der Waals surface area contributed by atoms with Gasteiger partial charge in [0.05, 0.1) is 0 Å². The summed E-state index contributed by atoms with van der Waals surface area (Å²) in [6.07, 6.45) is 0. The Bertz CT molecular complexity index is 3490. The second kappa shape index (κ2) is 13.3. The molecule has 1 aliphatic rings. The molecule has 1 aliphatic carbocycles. The molecule has 12 rings (SSSR count). The second-order valence-electron chi connectivity index (χ2n) is 16.9. The van der Waals surface area contributed by atoms with Gasteiger partial charge < -0.3 is 4.42 Å². The normalized spacial score (nSPS) is 13.0. The van der Waals surface area contributed by atoms with Crippen LogP contribution in [0.15, 0.2) is 211 Å². The third-order valence-electron chi connectivity index (χ3n) is 13.0. The van der Waals surface area contributed by atoms with Crippen LogP contribution < -0.4 is 0 Å². The van der Waals surface area contributed by atoms with Gasteiger partial charge in [-0.2, -0.15) is 0 Å². The van der Waals surface area contributed by atoms with E-state index in [9.17, 15) is 0 Å². The summed E-state index contributed by atoms with van der Waals surface area (Å²) >= 11 is 0. The highest BCUT2D eigenvalue weighted by Gasteiger charge is 2.35. The summed E-state index contributed by atoms with van der Waals surface area (Å²) in [4.78, 5) is 0. The number of hydrogen-bond acceptors (Lipinski definition) is 1. The van der Waals surface area contributed by atoms with Gasteiger partial charge in [-0.1, -0.05) is 172 Å². The lowest BCUT2D eigenvalue weighted by Crippen LogP contribution is -2.14. The van der Waals surface area contributed by atoms with Crippen LogP contribution in [0.2, 0.25) is 0 Å². The SMILES string of the molecule is CC1(C)c2ccccc2-c2ccc(-c3cc(-c4ccc(-c5ccc6ccccc6c5)cc4)cc(-c4ccc5oc6c7ccccc7c(-c7ccccc7)cc6c5c4)c3)cc21. The van der Waals surface area contributed by atoms with Crippen LogP contribution in [0, 0.1) is 0 Å². The summed E-state index contributed by atoms with van der Waals surface area (Å²) in [5.74, 6) is 0.